The summed E-state index contributed by atoms with van der Waals surface area (Å²) in [6.45, 7) is 7.81. The van der Waals surface area contributed by atoms with Crippen molar-refractivity contribution in [1.82, 2.24) is 0 Å². The van der Waals surface area contributed by atoms with E-state index in [0.29, 0.717) is 18.6 Å². The maximum atomic E-state index is 11.6. The van der Waals surface area contributed by atoms with Crippen molar-refractivity contribution in [2.45, 2.75) is 46.0 Å². The Kier molecular flexibility index (Phi) is 9.39. The topological polar surface area (TPSA) is 46.5 Å². The average molecular weight is 393 g/mol. The minimum absolute atomic E-state index is 0.167. The monoisotopic (exact) mass is 392 g/mol. The summed E-state index contributed by atoms with van der Waals surface area (Å²) in [5.41, 5.74) is 6.42. The summed E-state index contributed by atoms with van der Waals surface area (Å²) in [5.74, 6) is -0.355. The molecule has 2 aromatic rings. The first kappa shape index (κ1) is 22.6. The van der Waals surface area contributed by atoms with Gasteiger partial charge in [-0.25, -0.2) is 4.79 Å². The van der Waals surface area contributed by atoms with Gasteiger partial charge in [-0.2, -0.15) is 0 Å². The van der Waals surface area contributed by atoms with E-state index in [4.69, 9.17) is 4.74 Å². The van der Waals surface area contributed by atoms with Crippen molar-refractivity contribution in [1.29, 1.82) is 0 Å². The van der Waals surface area contributed by atoms with Crippen LogP contribution in [0.3, 0.4) is 0 Å². The molecule has 0 aliphatic heterocycles. The maximum Gasteiger partial charge on any atom is 0.333 e. The number of benzene rings is 2. The molecule has 2 rings (SSSR count). The molecule has 0 fully saturated rings. The highest BCUT2D eigenvalue weighted by Gasteiger charge is 2.09. The smallest absolute Gasteiger partial charge is 0.333 e. The Morgan fingerprint density at radius 1 is 1.03 bits per heavy atom. The van der Waals surface area contributed by atoms with Gasteiger partial charge in [-0.05, 0) is 67.3 Å². The van der Waals surface area contributed by atoms with Crippen LogP contribution in [0.2, 0.25) is 0 Å². The quantitative estimate of drug-likeness (QED) is 0.314. The summed E-state index contributed by atoms with van der Waals surface area (Å²) in [6, 6.07) is 15.1. The fourth-order valence-corrected chi connectivity index (χ4v) is 3.21. The number of aliphatic hydroxyl groups is 1. The zero-order valence-corrected chi connectivity index (χ0v) is 17.6. The molecule has 3 nitrogen and oxygen atoms in total. The Labute approximate surface area is 174 Å². The first-order valence-electron chi connectivity index (χ1n) is 10.3. The highest BCUT2D eigenvalue weighted by Crippen LogP contribution is 2.25. The van der Waals surface area contributed by atoms with Crippen molar-refractivity contribution in [3.8, 4) is 11.1 Å². The molecule has 0 heterocycles. The summed E-state index contributed by atoms with van der Waals surface area (Å²) >= 11 is 0. The van der Waals surface area contributed by atoms with Crippen LogP contribution in [0.5, 0.6) is 0 Å². The van der Waals surface area contributed by atoms with E-state index in [1.54, 1.807) is 6.92 Å². The predicted octanol–water partition coefficient (Wildman–Crippen LogP) is 5.45. The Balaban J connectivity index is 2.15. The Morgan fingerprint density at radius 3 is 2.41 bits per heavy atom. The number of esters is 1. The normalized spacial score (nSPS) is 11.0. The standard InChI is InChI=1S/C26H32O3/c1-4-5-6-8-21-10-12-23(13-11-21)24-15-14-22(9-7-17-27)25(19-24)16-18-29-26(28)20(2)3/h4-5,10-15,19,27H,2,6-9,16-18H2,1,3H3/b5-4+. The van der Waals surface area contributed by atoms with E-state index in [1.807, 2.05) is 6.92 Å². The van der Waals surface area contributed by atoms with E-state index < -0.39 is 0 Å². The number of carbonyl (C=O) groups excluding carboxylic acids is 1. The Bertz CT molecular complexity index is 832. The van der Waals surface area contributed by atoms with Crippen LogP contribution in [-0.4, -0.2) is 24.3 Å². The second-order valence-electron chi connectivity index (χ2n) is 7.28. The summed E-state index contributed by atoms with van der Waals surface area (Å²) in [6.07, 6.45) is 8.55. The number of aliphatic hydroxyl groups excluding tert-OH is 1. The number of allylic oxidation sites excluding steroid dienone is 2. The van der Waals surface area contributed by atoms with Crippen LogP contribution >= 0.6 is 0 Å². The Hall–Kier alpha value is -2.65. The number of carbonyl (C=O) groups is 1. The third kappa shape index (κ3) is 7.35. The van der Waals surface area contributed by atoms with Crippen molar-refractivity contribution in [2.75, 3.05) is 13.2 Å². The molecule has 154 valence electrons. The third-order valence-corrected chi connectivity index (χ3v) is 4.89. The minimum atomic E-state index is -0.355. The lowest BCUT2D eigenvalue weighted by molar-refractivity contribution is -0.138. The van der Waals surface area contributed by atoms with E-state index in [9.17, 15) is 9.90 Å². The van der Waals surface area contributed by atoms with E-state index in [2.05, 4.69) is 61.2 Å². The van der Waals surface area contributed by atoms with Gasteiger partial charge in [0.2, 0.25) is 0 Å². The summed E-state index contributed by atoms with van der Waals surface area (Å²) < 4.78 is 5.28. The van der Waals surface area contributed by atoms with Gasteiger partial charge in [0.1, 0.15) is 0 Å². The molecule has 0 aliphatic carbocycles. The molecule has 0 unspecified atom stereocenters. The molecule has 0 saturated carbocycles. The Morgan fingerprint density at radius 2 is 1.76 bits per heavy atom. The van der Waals surface area contributed by atoms with Crippen molar-refractivity contribution in [2.24, 2.45) is 0 Å². The molecule has 1 N–H and O–H groups in total. The van der Waals surface area contributed by atoms with Gasteiger partial charge in [-0.1, -0.05) is 61.2 Å². The van der Waals surface area contributed by atoms with Gasteiger partial charge < -0.3 is 9.84 Å². The second-order valence-corrected chi connectivity index (χ2v) is 7.28. The molecular formula is C26H32O3. The molecule has 29 heavy (non-hydrogen) atoms. The molecule has 0 aliphatic rings. The number of aryl methyl sites for hydroxylation is 2. The van der Waals surface area contributed by atoms with E-state index in [0.717, 1.165) is 36.8 Å². The van der Waals surface area contributed by atoms with Crippen LogP contribution in [-0.2, 0) is 28.8 Å². The van der Waals surface area contributed by atoms with Crippen LogP contribution in [0.15, 0.2) is 66.8 Å². The van der Waals surface area contributed by atoms with E-state index in [1.165, 1.54) is 16.7 Å². The lowest BCUT2D eigenvalue weighted by Gasteiger charge is -2.13. The summed E-state index contributed by atoms with van der Waals surface area (Å²) in [5, 5.41) is 9.18. The molecule has 0 spiro atoms. The summed E-state index contributed by atoms with van der Waals surface area (Å²) in [7, 11) is 0. The lowest BCUT2D eigenvalue weighted by atomic mass is 9.94. The number of rotatable bonds is 11. The van der Waals surface area contributed by atoms with Crippen LogP contribution in [0, 0.1) is 0 Å². The van der Waals surface area contributed by atoms with Gasteiger partial charge in [0.25, 0.3) is 0 Å². The van der Waals surface area contributed by atoms with E-state index in [-0.39, 0.29) is 12.6 Å². The zero-order valence-electron chi connectivity index (χ0n) is 17.6. The maximum absolute atomic E-state index is 11.6. The fraction of sp³-hybridized carbons (Fsp3) is 0.346. The minimum Gasteiger partial charge on any atom is -0.462 e. The van der Waals surface area contributed by atoms with Crippen LogP contribution in [0.1, 0.15) is 43.4 Å². The fourth-order valence-electron chi connectivity index (χ4n) is 3.21. The van der Waals surface area contributed by atoms with Gasteiger partial charge in [0.05, 0.1) is 6.61 Å². The second kappa shape index (κ2) is 12.0. The molecule has 0 atom stereocenters. The highest BCUT2D eigenvalue weighted by molar-refractivity contribution is 5.86. The van der Waals surface area contributed by atoms with Gasteiger partial charge in [-0.3, -0.25) is 0 Å². The van der Waals surface area contributed by atoms with Crippen molar-refractivity contribution in [3.05, 3.63) is 83.5 Å². The molecule has 0 radical (unpaired) electrons. The number of ether oxygens (including phenoxy) is 1. The molecule has 0 bridgehead atoms. The molecule has 3 heteroatoms. The van der Waals surface area contributed by atoms with Crippen LogP contribution in [0.25, 0.3) is 11.1 Å². The van der Waals surface area contributed by atoms with Crippen LogP contribution < -0.4 is 0 Å². The SMILES string of the molecule is C=C(C)C(=O)OCCc1cc(-c2ccc(CC/C=C/C)cc2)ccc1CCCO. The molecule has 0 amide bonds. The first-order chi connectivity index (χ1) is 14.0. The molecular weight excluding hydrogens is 360 g/mol. The lowest BCUT2D eigenvalue weighted by Crippen LogP contribution is -2.09. The number of hydrogen-bond donors (Lipinski definition) is 1. The van der Waals surface area contributed by atoms with E-state index >= 15 is 0 Å². The predicted molar refractivity (Wildman–Crippen MR) is 120 cm³/mol. The van der Waals surface area contributed by atoms with Gasteiger partial charge in [0.15, 0.2) is 0 Å². The van der Waals surface area contributed by atoms with Gasteiger partial charge in [0, 0.05) is 18.6 Å². The van der Waals surface area contributed by atoms with Gasteiger partial charge in [-0.15, -0.1) is 0 Å². The first-order valence-corrected chi connectivity index (χ1v) is 10.3. The molecule has 0 saturated heterocycles. The highest BCUT2D eigenvalue weighted by atomic mass is 16.5. The summed E-state index contributed by atoms with van der Waals surface area (Å²) in [4.78, 5) is 11.6. The van der Waals surface area contributed by atoms with Gasteiger partial charge >= 0.3 is 5.97 Å². The number of hydrogen-bond acceptors (Lipinski definition) is 3. The van der Waals surface area contributed by atoms with Crippen molar-refractivity contribution < 1.29 is 14.6 Å². The van der Waals surface area contributed by atoms with Crippen molar-refractivity contribution in [3.63, 3.8) is 0 Å². The van der Waals surface area contributed by atoms with Crippen molar-refractivity contribution >= 4 is 5.97 Å². The molecule has 2 aromatic carbocycles. The molecule has 0 aromatic heterocycles. The largest absolute Gasteiger partial charge is 0.462 e. The van der Waals surface area contributed by atoms with Crippen LogP contribution in [0.4, 0.5) is 0 Å². The zero-order chi connectivity index (χ0) is 21.1. The average Bonchev–Trinajstić information content (AvgIpc) is 2.73. The third-order valence-electron chi connectivity index (χ3n) is 4.89.